The molecule has 0 aromatic carbocycles. The van der Waals surface area contributed by atoms with Crippen LogP contribution in [-0.4, -0.2) is 34.2 Å². The van der Waals surface area contributed by atoms with Gasteiger partial charge in [0.15, 0.2) is 0 Å². The van der Waals surface area contributed by atoms with Crippen molar-refractivity contribution in [3.05, 3.63) is 0 Å². The summed E-state index contributed by atoms with van der Waals surface area (Å²) in [5.41, 5.74) is -1.09. The van der Waals surface area contributed by atoms with Crippen LogP contribution in [0.3, 0.4) is 0 Å². The first-order chi connectivity index (χ1) is 8.10. The fourth-order valence-corrected chi connectivity index (χ4v) is 3.99. The van der Waals surface area contributed by atoms with Gasteiger partial charge in [0.25, 0.3) is 5.91 Å². The maximum absolute atomic E-state index is 12.1. The van der Waals surface area contributed by atoms with E-state index in [-0.39, 0.29) is 11.9 Å². The van der Waals surface area contributed by atoms with Gasteiger partial charge in [-0.3, -0.25) is 4.79 Å². The standard InChI is InChI=1S/C13H23NO2S/c1-10-3-2-4-11(9-10)14-12(15)13(16)5-7-17-8-6-13/h10-11,16H,2-9H2,1H3,(H,14,15). The van der Waals surface area contributed by atoms with E-state index in [2.05, 4.69) is 12.2 Å². The van der Waals surface area contributed by atoms with Crippen molar-refractivity contribution in [1.82, 2.24) is 5.32 Å². The average Bonchev–Trinajstić information content (AvgIpc) is 2.30. The average molecular weight is 257 g/mol. The van der Waals surface area contributed by atoms with Gasteiger partial charge in [0.05, 0.1) is 0 Å². The first kappa shape index (κ1) is 13.2. The summed E-state index contributed by atoms with van der Waals surface area (Å²) < 4.78 is 0. The Balaban J connectivity index is 1.87. The quantitative estimate of drug-likeness (QED) is 0.795. The third-order valence-corrected chi connectivity index (χ3v) is 5.00. The summed E-state index contributed by atoms with van der Waals surface area (Å²) in [7, 11) is 0. The molecule has 0 aromatic heterocycles. The van der Waals surface area contributed by atoms with Crippen LogP contribution >= 0.6 is 11.8 Å². The van der Waals surface area contributed by atoms with Crippen LogP contribution in [0.2, 0.25) is 0 Å². The number of rotatable bonds is 2. The molecular weight excluding hydrogens is 234 g/mol. The molecule has 2 N–H and O–H groups in total. The molecule has 2 aliphatic rings. The Morgan fingerprint density at radius 2 is 2.06 bits per heavy atom. The number of hydrogen-bond donors (Lipinski definition) is 2. The molecule has 2 atom stereocenters. The molecule has 0 radical (unpaired) electrons. The van der Waals surface area contributed by atoms with Gasteiger partial charge in [0, 0.05) is 6.04 Å². The summed E-state index contributed by atoms with van der Waals surface area (Å²) >= 11 is 1.82. The lowest BCUT2D eigenvalue weighted by Crippen LogP contribution is -2.52. The number of carbonyl (C=O) groups excluding carboxylic acids is 1. The zero-order valence-corrected chi connectivity index (χ0v) is 11.4. The summed E-state index contributed by atoms with van der Waals surface area (Å²) in [6.45, 7) is 2.24. The summed E-state index contributed by atoms with van der Waals surface area (Å²) in [5, 5.41) is 13.4. The Labute approximate surface area is 108 Å². The highest BCUT2D eigenvalue weighted by atomic mass is 32.2. The first-order valence-electron chi connectivity index (χ1n) is 6.71. The fraction of sp³-hybridized carbons (Fsp3) is 0.923. The van der Waals surface area contributed by atoms with Gasteiger partial charge in [0.1, 0.15) is 5.60 Å². The van der Waals surface area contributed by atoms with Gasteiger partial charge in [-0.05, 0) is 43.1 Å². The van der Waals surface area contributed by atoms with E-state index >= 15 is 0 Å². The highest BCUT2D eigenvalue weighted by Crippen LogP contribution is 2.29. The minimum absolute atomic E-state index is 0.128. The number of carbonyl (C=O) groups is 1. The van der Waals surface area contributed by atoms with Crippen LogP contribution in [0.15, 0.2) is 0 Å². The van der Waals surface area contributed by atoms with Gasteiger partial charge >= 0.3 is 0 Å². The zero-order valence-electron chi connectivity index (χ0n) is 10.6. The van der Waals surface area contributed by atoms with E-state index in [4.69, 9.17) is 0 Å². The Hall–Kier alpha value is -0.220. The van der Waals surface area contributed by atoms with E-state index in [1.54, 1.807) is 0 Å². The second-order valence-corrected chi connectivity index (χ2v) is 6.81. The highest BCUT2D eigenvalue weighted by Gasteiger charge is 2.38. The van der Waals surface area contributed by atoms with Crippen LogP contribution in [0, 0.1) is 5.92 Å². The fourth-order valence-electron chi connectivity index (χ4n) is 2.82. The van der Waals surface area contributed by atoms with Gasteiger partial charge < -0.3 is 10.4 Å². The van der Waals surface area contributed by atoms with E-state index in [1.165, 1.54) is 12.8 Å². The van der Waals surface area contributed by atoms with Gasteiger partial charge in [-0.2, -0.15) is 11.8 Å². The van der Waals surface area contributed by atoms with Crippen LogP contribution in [0.5, 0.6) is 0 Å². The van der Waals surface area contributed by atoms with E-state index in [0.29, 0.717) is 18.8 Å². The SMILES string of the molecule is CC1CCCC(NC(=O)C2(O)CCSCC2)C1. The largest absolute Gasteiger partial charge is 0.380 e. The summed E-state index contributed by atoms with van der Waals surface area (Å²) in [6.07, 6.45) is 5.81. The third-order valence-electron chi connectivity index (χ3n) is 4.01. The van der Waals surface area contributed by atoms with Crippen molar-refractivity contribution in [2.75, 3.05) is 11.5 Å². The van der Waals surface area contributed by atoms with Gasteiger partial charge in [-0.15, -0.1) is 0 Å². The molecule has 98 valence electrons. The van der Waals surface area contributed by atoms with Crippen LogP contribution in [-0.2, 0) is 4.79 Å². The van der Waals surface area contributed by atoms with Crippen molar-refractivity contribution in [3.8, 4) is 0 Å². The second-order valence-electron chi connectivity index (χ2n) is 5.59. The molecule has 1 saturated carbocycles. The molecule has 0 spiro atoms. The number of thioether (sulfide) groups is 1. The molecule has 1 heterocycles. The monoisotopic (exact) mass is 257 g/mol. The Morgan fingerprint density at radius 3 is 2.71 bits per heavy atom. The lowest BCUT2D eigenvalue weighted by Gasteiger charge is -2.34. The third kappa shape index (κ3) is 3.38. The molecular formula is C13H23NO2S. The summed E-state index contributed by atoms with van der Waals surface area (Å²) in [5.74, 6) is 2.36. The van der Waals surface area contributed by atoms with Crippen molar-refractivity contribution in [1.29, 1.82) is 0 Å². The molecule has 3 nitrogen and oxygen atoms in total. The van der Waals surface area contributed by atoms with E-state index in [0.717, 1.165) is 24.3 Å². The second kappa shape index (κ2) is 5.61. The van der Waals surface area contributed by atoms with Crippen molar-refractivity contribution in [2.45, 2.75) is 57.1 Å². The van der Waals surface area contributed by atoms with Crippen LogP contribution < -0.4 is 5.32 Å². The summed E-state index contributed by atoms with van der Waals surface area (Å²) in [6, 6.07) is 0.282. The van der Waals surface area contributed by atoms with Gasteiger partial charge in [-0.1, -0.05) is 19.8 Å². The van der Waals surface area contributed by atoms with Crippen molar-refractivity contribution in [2.24, 2.45) is 5.92 Å². The molecule has 17 heavy (non-hydrogen) atoms. The lowest BCUT2D eigenvalue weighted by atomic mass is 9.86. The minimum Gasteiger partial charge on any atom is -0.380 e. The van der Waals surface area contributed by atoms with Crippen molar-refractivity contribution in [3.63, 3.8) is 0 Å². The highest BCUT2D eigenvalue weighted by molar-refractivity contribution is 7.99. The number of nitrogens with one attached hydrogen (secondary N) is 1. The molecule has 2 rings (SSSR count). The molecule has 0 bridgehead atoms. The topological polar surface area (TPSA) is 49.3 Å². The maximum atomic E-state index is 12.1. The minimum atomic E-state index is -1.09. The van der Waals surface area contributed by atoms with E-state index in [1.807, 2.05) is 11.8 Å². The zero-order chi connectivity index (χ0) is 12.3. The number of amides is 1. The predicted octanol–water partition coefficient (Wildman–Crippen LogP) is 1.94. The smallest absolute Gasteiger partial charge is 0.252 e. The van der Waals surface area contributed by atoms with Crippen LogP contribution in [0.25, 0.3) is 0 Å². The molecule has 4 heteroatoms. The first-order valence-corrected chi connectivity index (χ1v) is 7.87. The lowest BCUT2D eigenvalue weighted by molar-refractivity contribution is -0.141. The van der Waals surface area contributed by atoms with Gasteiger partial charge in [0.2, 0.25) is 0 Å². The predicted molar refractivity (Wildman–Crippen MR) is 71.1 cm³/mol. The van der Waals surface area contributed by atoms with Crippen LogP contribution in [0.4, 0.5) is 0 Å². The van der Waals surface area contributed by atoms with Gasteiger partial charge in [-0.25, -0.2) is 0 Å². The molecule has 1 aliphatic carbocycles. The Kier molecular flexibility index (Phi) is 4.36. The molecule has 0 aromatic rings. The van der Waals surface area contributed by atoms with Crippen LogP contribution in [0.1, 0.15) is 45.4 Å². The number of aliphatic hydroxyl groups is 1. The Bertz CT molecular complexity index is 277. The normalized spacial score (nSPS) is 33.1. The maximum Gasteiger partial charge on any atom is 0.252 e. The molecule has 1 saturated heterocycles. The number of hydrogen-bond acceptors (Lipinski definition) is 3. The summed E-state index contributed by atoms with van der Waals surface area (Å²) in [4.78, 5) is 12.1. The molecule has 1 amide bonds. The molecule has 2 unspecified atom stereocenters. The molecule has 1 aliphatic heterocycles. The van der Waals surface area contributed by atoms with E-state index < -0.39 is 5.60 Å². The Morgan fingerprint density at radius 1 is 1.35 bits per heavy atom. The molecule has 2 fully saturated rings. The van der Waals surface area contributed by atoms with Crippen molar-refractivity contribution >= 4 is 17.7 Å². The van der Waals surface area contributed by atoms with Crippen molar-refractivity contribution < 1.29 is 9.90 Å². The van der Waals surface area contributed by atoms with E-state index in [9.17, 15) is 9.90 Å².